The van der Waals surface area contributed by atoms with Crippen LogP contribution in [0.1, 0.15) is 24.5 Å². The Morgan fingerprint density at radius 2 is 2.21 bits per heavy atom. The van der Waals surface area contributed by atoms with E-state index in [1.807, 2.05) is 0 Å². The first-order valence-corrected chi connectivity index (χ1v) is 3.86. The van der Waals surface area contributed by atoms with Crippen LogP contribution in [0.2, 0.25) is 0 Å². The zero-order chi connectivity index (χ0) is 10.0. The molecule has 1 unspecified atom stereocenters. The maximum atomic E-state index is 10.6. The number of nitrogens with zero attached hydrogens (tertiary/aromatic N) is 1. The number of nitrogens with two attached hydrogens (primary N) is 1. The van der Waals surface area contributed by atoms with E-state index in [9.17, 15) is 4.79 Å². The van der Waals surface area contributed by atoms with Gasteiger partial charge in [-0.2, -0.15) is 5.06 Å². The minimum atomic E-state index is -0.901. The number of carbonyl (C=O) groups excluding carboxylic acids is 1. The summed E-state index contributed by atoms with van der Waals surface area (Å²) in [7, 11) is 0. The summed E-state index contributed by atoms with van der Waals surface area (Å²) in [5.41, 5.74) is 4.88. The van der Waals surface area contributed by atoms with Gasteiger partial charge in [0.15, 0.2) is 0 Å². The molecule has 14 heavy (non-hydrogen) atoms. The van der Waals surface area contributed by atoms with Crippen molar-refractivity contribution in [2.75, 3.05) is 0 Å². The number of hydroxylamine groups is 2. The van der Waals surface area contributed by atoms with Crippen molar-refractivity contribution in [3.8, 4) is 0 Å². The molecule has 0 aliphatic rings. The van der Waals surface area contributed by atoms with E-state index >= 15 is 0 Å². The molecule has 0 saturated heterocycles. The molecule has 0 spiro atoms. The molecule has 1 atom stereocenters. The van der Waals surface area contributed by atoms with Gasteiger partial charge in [0.05, 0.1) is 0 Å². The molecule has 0 aliphatic heterocycles. The Morgan fingerprint density at radius 3 is 2.57 bits per heavy atom. The number of rotatable bonds is 2. The summed E-state index contributed by atoms with van der Waals surface area (Å²) < 4.78 is 5.21. The van der Waals surface area contributed by atoms with E-state index in [0.29, 0.717) is 10.8 Å². The number of aryl methyl sites for hydroxylation is 1. The van der Waals surface area contributed by atoms with Crippen LogP contribution in [0.5, 0.6) is 0 Å². The molecule has 5 nitrogen and oxygen atoms in total. The van der Waals surface area contributed by atoms with Crippen LogP contribution in [0.3, 0.4) is 0 Å². The second-order valence-corrected chi connectivity index (χ2v) is 2.81. The topological polar surface area (TPSA) is 79.7 Å². The number of urea groups is 1. The summed E-state index contributed by atoms with van der Waals surface area (Å²) in [6.45, 7) is 3.39. The van der Waals surface area contributed by atoms with Gasteiger partial charge >= 0.3 is 6.03 Å². The molecule has 0 fully saturated rings. The van der Waals surface area contributed by atoms with Crippen molar-refractivity contribution < 1.29 is 14.4 Å². The number of carbonyl (C=O) groups is 1. The zero-order valence-corrected chi connectivity index (χ0v) is 10.5. The monoisotopic (exact) mass is 207 g/mol. The smallest absolute Gasteiger partial charge is 0.339 e. The van der Waals surface area contributed by atoms with Crippen LogP contribution in [0.25, 0.3) is 0 Å². The number of furan rings is 1. The van der Waals surface area contributed by atoms with Crippen LogP contribution in [-0.2, 0) is 0 Å². The third kappa shape index (κ3) is 3.02. The van der Waals surface area contributed by atoms with Gasteiger partial charge < -0.3 is 10.2 Å². The van der Waals surface area contributed by atoms with Gasteiger partial charge in [0.2, 0.25) is 0 Å². The predicted octanol–water partition coefficient (Wildman–Crippen LogP) is 1.04. The average molecular weight is 207 g/mol. The largest absolute Gasteiger partial charge is 0.464 e. The average Bonchev–Trinajstić information content (AvgIpc) is 2.49. The van der Waals surface area contributed by atoms with Crippen molar-refractivity contribution in [3.63, 3.8) is 0 Å². The van der Waals surface area contributed by atoms with Gasteiger partial charge in [-0.15, -0.1) is 0 Å². The van der Waals surface area contributed by atoms with Crippen LogP contribution >= 0.6 is 0 Å². The van der Waals surface area contributed by atoms with Gasteiger partial charge in [-0.05, 0) is 26.0 Å². The van der Waals surface area contributed by atoms with Crippen molar-refractivity contribution >= 4 is 35.6 Å². The van der Waals surface area contributed by atoms with E-state index in [-0.39, 0.29) is 29.6 Å². The molecule has 1 aromatic rings. The zero-order valence-electron chi connectivity index (χ0n) is 8.52. The summed E-state index contributed by atoms with van der Waals surface area (Å²) in [6.07, 6.45) is 0. The third-order valence-corrected chi connectivity index (χ3v) is 1.77. The predicted molar refractivity (Wildman–Crippen MR) is 50.8 cm³/mol. The summed E-state index contributed by atoms with van der Waals surface area (Å²) in [4.78, 5) is 10.6. The molecule has 1 rings (SSSR count). The minimum Gasteiger partial charge on any atom is -0.464 e. The van der Waals surface area contributed by atoms with E-state index < -0.39 is 12.1 Å². The second-order valence-electron chi connectivity index (χ2n) is 2.81. The SMILES string of the molecule is Cc1ccc(C(C)N(O)C(N)=O)o1.[Na]. The summed E-state index contributed by atoms with van der Waals surface area (Å²) in [6, 6.07) is 1.97. The van der Waals surface area contributed by atoms with Crippen LogP contribution < -0.4 is 5.73 Å². The standard InChI is InChI=1S/C8H12N2O3.Na/c1-5-3-4-7(13-5)6(2)10(12)8(9)11;/h3-4,6,12H,1-2H3,(H2,9,11);. The second kappa shape index (κ2) is 5.41. The Bertz CT molecular complexity index is 313. The number of primary amides is 1. The van der Waals surface area contributed by atoms with Crippen molar-refractivity contribution in [1.82, 2.24) is 5.06 Å². The Hall–Kier alpha value is -0.490. The third-order valence-electron chi connectivity index (χ3n) is 1.77. The minimum absolute atomic E-state index is 0. The molecule has 1 heterocycles. The van der Waals surface area contributed by atoms with Gasteiger partial charge in [0.1, 0.15) is 17.6 Å². The van der Waals surface area contributed by atoms with Crippen LogP contribution in [0, 0.1) is 6.92 Å². The molecule has 73 valence electrons. The van der Waals surface area contributed by atoms with E-state index in [0.717, 1.165) is 5.76 Å². The summed E-state index contributed by atoms with van der Waals surface area (Å²) >= 11 is 0. The first-order chi connectivity index (χ1) is 6.02. The number of hydrogen-bond donors (Lipinski definition) is 2. The van der Waals surface area contributed by atoms with Crippen molar-refractivity contribution in [1.29, 1.82) is 0 Å². The molecule has 1 aromatic heterocycles. The van der Waals surface area contributed by atoms with Gasteiger partial charge in [-0.3, -0.25) is 5.21 Å². The van der Waals surface area contributed by atoms with Gasteiger partial charge in [0, 0.05) is 29.6 Å². The van der Waals surface area contributed by atoms with E-state index in [2.05, 4.69) is 0 Å². The molecule has 0 aromatic carbocycles. The molecule has 0 saturated carbocycles. The molecule has 0 aliphatic carbocycles. The molecule has 2 amide bonds. The number of hydrogen-bond acceptors (Lipinski definition) is 3. The molecule has 0 bridgehead atoms. The Morgan fingerprint density at radius 1 is 1.64 bits per heavy atom. The Balaban J connectivity index is 0.00000169. The quantitative estimate of drug-likeness (QED) is 0.432. The maximum absolute atomic E-state index is 10.6. The van der Waals surface area contributed by atoms with Gasteiger partial charge in [0.25, 0.3) is 0 Å². The molecule has 3 N–H and O–H groups in total. The summed E-state index contributed by atoms with van der Waals surface area (Å²) in [5, 5.41) is 9.59. The van der Waals surface area contributed by atoms with Crippen LogP contribution in [-0.4, -0.2) is 45.9 Å². The fourth-order valence-electron chi connectivity index (χ4n) is 0.989. The van der Waals surface area contributed by atoms with Gasteiger partial charge in [-0.25, -0.2) is 4.79 Å². The van der Waals surface area contributed by atoms with Crippen molar-refractivity contribution in [3.05, 3.63) is 23.7 Å². The van der Waals surface area contributed by atoms with Crippen LogP contribution in [0.4, 0.5) is 4.79 Å². The van der Waals surface area contributed by atoms with E-state index in [1.54, 1.807) is 26.0 Å². The van der Waals surface area contributed by atoms with Crippen LogP contribution in [0.15, 0.2) is 16.5 Å². The first-order valence-electron chi connectivity index (χ1n) is 3.86. The first kappa shape index (κ1) is 13.5. The van der Waals surface area contributed by atoms with E-state index in [4.69, 9.17) is 15.4 Å². The van der Waals surface area contributed by atoms with E-state index in [1.165, 1.54) is 0 Å². The molecule has 1 radical (unpaired) electrons. The number of amides is 2. The van der Waals surface area contributed by atoms with Gasteiger partial charge in [-0.1, -0.05) is 0 Å². The fourth-order valence-corrected chi connectivity index (χ4v) is 0.989. The normalized spacial score (nSPS) is 11.6. The molecular formula is C8H12N2NaO3. The molecule has 6 heteroatoms. The van der Waals surface area contributed by atoms with Crippen molar-refractivity contribution in [2.24, 2.45) is 5.73 Å². The Labute approximate surface area is 104 Å². The summed E-state index contributed by atoms with van der Waals surface area (Å²) in [5.74, 6) is 1.22. The fraction of sp³-hybridized carbons (Fsp3) is 0.375. The maximum Gasteiger partial charge on any atom is 0.339 e. The van der Waals surface area contributed by atoms with Crippen molar-refractivity contribution in [2.45, 2.75) is 19.9 Å². The molecular weight excluding hydrogens is 195 g/mol. The Kier molecular flexibility index (Phi) is 5.22.